The third kappa shape index (κ3) is 3.40. The standard InChI is InChI=1S/C21H23N3O3/c25-19(21(9-13-27-14-10-21)16-5-2-1-3-6-16)23-17-7-4-8-18(15-17)24-12-11-22-20(24)26/h1-8,15H,9-14H2,(H,22,26)(H,23,25). The van der Waals surface area contributed by atoms with Gasteiger partial charge in [0.1, 0.15) is 0 Å². The monoisotopic (exact) mass is 365 g/mol. The molecule has 27 heavy (non-hydrogen) atoms. The van der Waals surface area contributed by atoms with Crippen molar-refractivity contribution in [3.8, 4) is 0 Å². The van der Waals surface area contributed by atoms with Crippen LogP contribution in [0.1, 0.15) is 18.4 Å². The van der Waals surface area contributed by atoms with Crippen LogP contribution in [-0.4, -0.2) is 38.2 Å². The summed E-state index contributed by atoms with van der Waals surface area (Å²) >= 11 is 0. The van der Waals surface area contributed by atoms with E-state index in [1.165, 1.54) is 0 Å². The minimum Gasteiger partial charge on any atom is -0.381 e. The molecule has 6 heteroatoms. The summed E-state index contributed by atoms with van der Waals surface area (Å²) in [4.78, 5) is 26.9. The van der Waals surface area contributed by atoms with Crippen LogP contribution in [0.15, 0.2) is 54.6 Å². The van der Waals surface area contributed by atoms with Gasteiger partial charge in [-0.15, -0.1) is 0 Å². The Morgan fingerprint density at radius 1 is 1.07 bits per heavy atom. The molecule has 0 spiro atoms. The Balaban J connectivity index is 1.59. The van der Waals surface area contributed by atoms with E-state index in [2.05, 4.69) is 10.6 Å². The van der Waals surface area contributed by atoms with Crippen molar-refractivity contribution >= 4 is 23.3 Å². The number of ether oxygens (including phenoxy) is 1. The Morgan fingerprint density at radius 3 is 2.56 bits per heavy atom. The highest BCUT2D eigenvalue weighted by Crippen LogP contribution is 2.36. The van der Waals surface area contributed by atoms with Crippen LogP contribution >= 0.6 is 0 Å². The third-order valence-electron chi connectivity index (χ3n) is 5.38. The summed E-state index contributed by atoms with van der Waals surface area (Å²) < 4.78 is 5.51. The lowest BCUT2D eigenvalue weighted by molar-refractivity contribution is -0.125. The van der Waals surface area contributed by atoms with Gasteiger partial charge in [0.05, 0.1) is 5.41 Å². The molecule has 2 fully saturated rings. The lowest BCUT2D eigenvalue weighted by Gasteiger charge is -2.36. The number of urea groups is 1. The second kappa shape index (κ2) is 7.40. The molecule has 3 amide bonds. The highest BCUT2D eigenvalue weighted by atomic mass is 16.5. The van der Waals surface area contributed by atoms with E-state index in [9.17, 15) is 9.59 Å². The Labute approximate surface area is 158 Å². The van der Waals surface area contributed by atoms with Gasteiger partial charge in [0, 0.05) is 37.7 Å². The maximum atomic E-state index is 13.3. The molecule has 2 aromatic carbocycles. The maximum absolute atomic E-state index is 13.3. The van der Waals surface area contributed by atoms with E-state index in [0.717, 1.165) is 11.3 Å². The SMILES string of the molecule is O=C1NCCN1c1cccc(NC(=O)C2(c3ccccc3)CCOCC2)c1. The molecule has 0 aromatic heterocycles. The molecule has 2 N–H and O–H groups in total. The van der Waals surface area contributed by atoms with Gasteiger partial charge in [0.25, 0.3) is 0 Å². The van der Waals surface area contributed by atoms with E-state index < -0.39 is 5.41 Å². The molecule has 0 radical (unpaired) electrons. The zero-order valence-electron chi connectivity index (χ0n) is 15.1. The zero-order chi connectivity index (χ0) is 18.7. The number of benzene rings is 2. The van der Waals surface area contributed by atoms with Crippen LogP contribution in [0.4, 0.5) is 16.2 Å². The smallest absolute Gasteiger partial charge is 0.321 e. The van der Waals surface area contributed by atoms with Crippen molar-refractivity contribution in [2.75, 3.05) is 36.5 Å². The molecule has 2 aliphatic rings. The van der Waals surface area contributed by atoms with Gasteiger partial charge in [-0.2, -0.15) is 0 Å². The molecule has 0 bridgehead atoms. The minimum atomic E-state index is -0.597. The predicted octanol–water partition coefficient (Wildman–Crippen LogP) is 2.90. The van der Waals surface area contributed by atoms with Crippen molar-refractivity contribution in [2.45, 2.75) is 18.3 Å². The molecule has 140 valence electrons. The first-order chi connectivity index (χ1) is 13.2. The van der Waals surface area contributed by atoms with Crippen LogP contribution in [-0.2, 0) is 14.9 Å². The second-order valence-corrected chi connectivity index (χ2v) is 6.95. The molecule has 2 heterocycles. The van der Waals surface area contributed by atoms with Gasteiger partial charge in [-0.3, -0.25) is 9.69 Å². The van der Waals surface area contributed by atoms with Gasteiger partial charge in [-0.25, -0.2) is 4.79 Å². The topological polar surface area (TPSA) is 70.7 Å². The highest BCUT2D eigenvalue weighted by molar-refractivity contribution is 6.00. The summed E-state index contributed by atoms with van der Waals surface area (Å²) in [5.74, 6) is -0.0278. The molecule has 0 saturated carbocycles. The molecule has 0 atom stereocenters. The number of hydrogen-bond donors (Lipinski definition) is 2. The summed E-state index contributed by atoms with van der Waals surface area (Å²) in [5, 5.41) is 5.87. The van der Waals surface area contributed by atoms with Crippen molar-refractivity contribution < 1.29 is 14.3 Å². The van der Waals surface area contributed by atoms with E-state index in [1.54, 1.807) is 4.90 Å². The molecular weight excluding hydrogens is 342 g/mol. The first-order valence-corrected chi connectivity index (χ1v) is 9.29. The molecule has 6 nitrogen and oxygen atoms in total. The molecule has 2 aliphatic heterocycles. The number of carbonyl (C=O) groups is 2. The third-order valence-corrected chi connectivity index (χ3v) is 5.38. The minimum absolute atomic E-state index is 0.0278. The van der Waals surface area contributed by atoms with Crippen LogP contribution in [0.2, 0.25) is 0 Å². The second-order valence-electron chi connectivity index (χ2n) is 6.95. The first-order valence-electron chi connectivity index (χ1n) is 9.29. The molecule has 0 aliphatic carbocycles. The number of amides is 3. The Morgan fingerprint density at radius 2 is 1.85 bits per heavy atom. The number of nitrogens with zero attached hydrogens (tertiary/aromatic N) is 1. The van der Waals surface area contributed by atoms with Crippen LogP contribution in [0.5, 0.6) is 0 Å². The lowest BCUT2D eigenvalue weighted by Crippen LogP contribution is -2.44. The molecular formula is C21H23N3O3. The Bertz CT molecular complexity index is 832. The van der Waals surface area contributed by atoms with E-state index in [0.29, 0.717) is 44.8 Å². The molecule has 2 aromatic rings. The fourth-order valence-electron chi connectivity index (χ4n) is 3.84. The van der Waals surface area contributed by atoms with E-state index in [-0.39, 0.29) is 11.9 Å². The summed E-state index contributed by atoms with van der Waals surface area (Å²) in [5.41, 5.74) is 1.89. The summed E-state index contributed by atoms with van der Waals surface area (Å²) in [6, 6.07) is 17.2. The Kier molecular flexibility index (Phi) is 4.81. The predicted molar refractivity (Wildman–Crippen MR) is 104 cm³/mol. The van der Waals surface area contributed by atoms with Crippen LogP contribution in [0.25, 0.3) is 0 Å². The summed E-state index contributed by atoms with van der Waals surface area (Å²) in [6.45, 7) is 2.39. The molecule has 4 rings (SSSR count). The quantitative estimate of drug-likeness (QED) is 0.875. The van der Waals surface area contributed by atoms with Gasteiger partial charge in [-0.05, 0) is 36.6 Å². The average molecular weight is 365 g/mol. The fraction of sp³-hybridized carbons (Fsp3) is 0.333. The van der Waals surface area contributed by atoms with Crippen molar-refractivity contribution in [2.24, 2.45) is 0 Å². The van der Waals surface area contributed by atoms with Crippen LogP contribution in [0.3, 0.4) is 0 Å². The van der Waals surface area contributed by atoms with Gasteiger partial charge >= 0.3 is 6.03 Å². The van der Waals surface area contributed by atoms with E-state index in [4.69, 9.17) is 4.74 Å². The number of anilines is 2. The normalized spacial score (nSPS) is 18.8. The fourth-order valence-corrected chi connectivity index (χ4v) is 3.84. The number of carbonyl (C=O) groups excluding carboxylic acids is 2. The average Bonchev–Trinajstić information content (AvgIpc) is 3.15. The maximum Gasteiger partial charge on any atom is 0.321 e. The first kappa shape index (κ1) is 17.5. The Hall–Kier alpha value is -2.86. The van der Waals surface area contributed by atoms with Gasteiger partial charge < -0.3 is 15.4 Å². The number of nitrogens with one attached hydrogen (secondary N) is 2. The lowest BCUT2D eigenvalue weighted by atomic mass is 9.73. The van der Waals surface area contributed by atoms with E-state index >= 15 is 0 Å². The largest absolute Gasteiger partial charge is 0.381 e. The van der Waals surface area contributed by atoms with Gasteiger partial charge in [0.2, 0.25) is 5.91 Å². The van der Waals surface area contributed by atoms with Crippen LogP contribution < -0.4 is 15.5 Å². The van der Waals surface area contributed by atoms with Gasteiger partial charge in [-0.1, -0.05) is 36.4 Å². The van der Waals surface area contributed by atoms with Gasteiger partial charge in [0.15, 0.2) is 0 Å². The number of hydrogen-bond acceptors (Lipinski definition) is 3. The van der Waals surface area contributed by atoms with Crippen LogP contribution in [0, 0.1) is 0 Å². The molecule has 2 saturated heterocycles. The van der Waals surface area contributed by atoms with Crippen molar-refractivity contribution in [1.82, 2.24) is 5.32 Å². The zero-order valence-corrected chi connectivity index (χ0v) is 15.1. The summed E-state index contributed by atoms with van der Waals surface area (Å²) in [7, 11) is 0. The van der Waals surface area contributed by atoms with E-state index in [1.807, 2.05) is 54.6 Å². The highest BCUT2D eigenvalue weighted by Gasteiger charge is 2.41. The summed E-state index contributed by atoms with van der Waals surface area (Å²) in [6.07, 6.45) is 1.30. The molecule has 0 unspecified atom stereocenters. The number of rotatable bonds is 4. The van der Waals surface area contributed by atoms with Crippen molar-refractivity contribution in [1.29, 1.82) is 0 Å². The van der Waals surface area contributed by atoms with Crippen molar-refractivity contribution in [3.05, 3.63) is 60.2 Å². The van der Waals surface area contributed by atoms with Crippen molar-refractivity contribution in [3.63, 3.8) is 0 Å².